The number of ether oxygens (including phenoxy) is 1. The molecule has 2 nitrogen and oxygen atoms in total. The quantitative estimate of drug-likeness (QED) is 0.687. The lowest BCUT2D eigenvalue weighted by molar-refractivity contribution is 0.307. The first-order valence-corrected chi connectivity index (χ1v) is 4.88. The SMILES string of the molecule is CCCN1CCOc2ccccc21. The molecule has 0 aromatic heterocycles. The molecular formula is C11H15NO. The lowest BCUT2D eigenvalue weighted by Gasteiger charge is -2.30. The lowest BCUT2D eigenvalue weighted by Crippen LogP contribution is -2.33. The molecule has 2 heteroatoms. The molecule has 0 unspecified atom stereocenters. The summed E-state index contributed by atoms with van der Waals surface area (Å²) < 4.78 is 5.56. The van der Waals surface area contributed by atoms with Crippen LogP contribution in [0.15, 0.2) is 24.3 Å². The molecule has 0 N–H and O–H groups in total. The Morgan fingerprint density at radius 2 is 2.23 bits per heavy atom. The van der Waals surface area contributed by atoms with Crippen molar-refractivity contribution in [2.75, 3.05) is 24.6 Å². The van der Waals surface area contributed by atoms with Crippen LogP contribution in [0.2, 0.25) is 0 Å². The Hall–Kier alpha value is -1.18. The van der Waals surface area contributed by atoms with E-state index in [2.05, 4.69) is 24.0 Å². The molecule has 0 fully saturated rings. The van der Waals surface area contributed by atoms with Crippen LogP contribution >= 0.6 is 0 Å². The normalized spacial score (nSPS) is 15.0. The molecule has 0 radical (unpaired) electrons. The third kappa shape index (κ3) is 1.62. The van der Waals surface area contributed by atoms with Crippen molar-refractivity contribution in [2.24, 2.45) is 0 Å². The van der Waals surface area contributed by atoms with Gasteiger partial charge in [-0.25, -0.2) is 0 Å². The van der Waals surface area contributed by atoms with E-state index in [4.69, 9.17) is 4.74 Å². The summed E-state index contributed by atoms with van der Waals surface area (Å²) in [6.07, 6.45) is 1.19. The minimum atomic E-state index is 0.816. The van der Waals surface area contributed by atoms with Gasteiger partial charge in [-0.2, -0.15) is 0 Å². The van der Waals surface area contributed by atoms with Gasteiger partial charge < -0.3 is 9.64 Å². The number of anilines is 1. The molecule has 0 atom stereocenters. The zero-order valence-electron chi connectivity index (χ0n) is 7.99. The Bertz CT molecular complexity index is 285. The molecule has 1 aliphatic rings. The molecule has 0 bridgehead atoms. The van der Waals surface area contributed by atoms with Gasteiger partial charge in [0.15, 0.2) is 0 Å². The molecular weight excluding hydrogens is 162 g/mol. The summed E-state index contributed by atoms with van der Waals surface area (Å²) in [5, 5.41) is 0. The Morgan fingerprint density at radius 1 is 1.38 bits per heavy atom. The van der Waals surface area contributed by atoms with E-state index in [0.29, 0.717) is 0 Å². The zero-order chi connectivity index (χ0) is 9.10. The number of fused-ring (bicyclic) bond motifs is 1. The van der Waals surface area contributed by atoms with Gasteiger partial charge in [0.25, 0.3) is 0 Å². The van der Waals surface area contributed by atoms with Gasteiger partial charge in [0.05, 0.1) is 12.2 Å². The number of hydrogen-bond donors (Lipinski definition) is 0. The molecule has 0 saturated heterocycles. The van der Waals surface area contributed by atoms with Crippen LogP contribution in [0.5, 0.6) is 5.75 Å². The van der Waals surface area contributed by atoms with Crippen LogP contribution < -0.4 is 9.64 Å². The maximum atomic E-state index is 5.56. The van der Waals surface area contributed by atoms with E-state index >= 15 is 0 Å². The molecule has 2 rings (SSSR count). The summed E-state index contributed by atoms with van der Waals surface area (Å²) in [6.45, 7) is 5.17. The zero-order valence-corrected chi connectivity index (χ0v) is 7.99. The van der Waals surface area contributed by atoms with Crippen LogP contribution in [0.1, 0.15) is 13.3 Å². The van der Waals surface area contributed by atoms with Crippen LogP contribution in [0.4, 0.5) is 5.69 Å². The number of benzene rings is 1. The lowest BCUT2D eigenvalue weighted by atomic mass is 10.2. The third-order valence-electron chi connectivity index (χ3n) is 2.32. The van der Waals surface area contributed by atoms with E-state index < -0.39 is 0 Å². The van der Waals surface area contributed by atoms with Gasteiger partial charge in [-0.15, -0.1) is 0 Å². The van der Waals surface area contributed by atoms with Crippen molar-refractivity contribution in [1.82, 2.24) is 0 Å². The van der Waals surface area contributed by atoms with Crippen LogP contribution in [0.25, 0.3) is 0 Å². The van der Waals surface area contributed by atoms with E-state index in [1.807, 2.05) is 12.1 Å². The monoisotopic (exact) mass is 177 g/mol. The molecule has 1 aliphatic heterocycles. The van der Waals surface area contributed by atoms with Gasteiger partial charge in [0.2, 0.25) is 0 Å². The highest BCUT2D eigenvalue weighted by molar-refractivity contribution is 5.59. The number of nitrogens with zero attached hydrogens (tertiary/aromatic N) is 1. The van der Waals surface area contributed by atoms with Crippen LogP contribution in [0.3, 0.4) is 0 Å². The fraction of sp³-hybridized carbons (Fsp3) is 0.455. The molecule has 0 saturated carbocycles. The number of rotatable bonds is 2. The Balaban J connectivity index is 2.26. The Kier molecular flexibility index (Phi) is 2.39. The van der Waals surface area contributed by atoms with Crippen molar-refractivity contribution < 1.29 is 4.74 Å². The van der Waals surface area contributed by atoms with Crippen molar-refractivity contribution in [3.8, 4) is 5.75 Å². The van der Waals surface area contributed by atoms with Gasteiger partial charge >= 0.3 is 0 Å². The van der Waals surface area contributed by atoms with Gasteiger partial charge in [0, 0.05) is 6.54 Å². The van der Waals surface area contributed by atoms with Gasteiger partial charge in [-0.3, -0.25) is 0 Å². The highest BCUT2D eigenvalue weighted by atomic mass is 16.5. The minimum Gasteiger partial charge on any atom is -0.490 e. The molecule has 0 aliphatic carbocycles. The fourth-order valence-electron chi connectivity index (χ4n) is 1.73. The second-order valence-corrected chi connectivity index (χ2v) is 3.30. The summed E-state index contributed by atoms with van der Waals surface area (Å²) in [5.41, 5.74) is 1.25. The Morgan fingerprint density at radius 3 is 3.08 bits per heavy atom. The average molecular weight is 177 g/mol. The first-order chi connectivity index (χ1) is 6.42. The van der Waals surface area contributed by atoms with E-state index in [-0.39, 0.29) is 0 Å². The molecule has 70 valence electrons. The molecule has 1 aromatic rings. The van der Waals surface area contributed by atoms with Gasteiger partial charge in [0.1, 0.15) is 12.4 Å². The molecule has 0 amide bonds. The van der Waals surface area contributed by atoms with E-state index in [1.54, 1.807) is 0 Å². The van der Waals surface area contributed by atoms with Gasteiger partial charge in [-0.05, 0) is 18.6 Å². The predicted molar refractivity (Wildman–Crippen MR) is 54.4 cm³/mol. The molecule has 1 aromatic carbocycles. The summed E-state index contributed by atoms with van der Waals surface area (Å²) in [4.78, 5) is 2.39. The van der Waals surface area contributed by atoms with Crippen molar-refractivity contribution in [1.29, 1.82) is 0 Å². The standard InChI is InChI=1S/C11H15NO/c1-2-7-12-8-9-13-11-6-4-3-5-10(11)12/h3-6H,2,7-9H2,1H3. The van der Waals surface area contributed by atoms with Crippen molar-refractivity contribution in [3.63, 3.8) is 0 Å². The molecule has 1 heterocycles. The Labute approximate surface area is 79.1 Å². The summed E-state index contributed by atoms with van der Waals surface area (Å²) >= 11 is 0. The second-order valence-electron chi connectivity index (χ2n) is 3.30. The third-order valence-corrected chi connectivity index (χ3v) is 2.32. The second kappa shape index (κ2) is 3.69. The highest BCUT2D eigenvalue weighted by Crippen LogP contribution is 2.30. The smallest absolute Gasteiger partial charge is 0.142 e. The summed E-state index contributed by atoms with van der Waals surface area (Å²) in [5.74, 6) is 1.03. The molecule has 13 heavy (non-hydrogen) atoms. The van der Waals surface area contributed by atoms with Crippen LogP contribution in [0, 0.1) is 0 Å². The van der Waals surface area contributed by atoms with Crippen LogP contribution in [-0.4, -0.2) is 19.7 Å². The maximum Gasteiger partial charge on any atom is 0.142 e. The fourth-order valence-corrected chi connectivity index (χ4v) is 1.73. The van der Waals surface area contributed by atoms with Crippen molar-refractivity contribution in [2.45, 2.75) is 13.3 Å². The van der Waals surface area contributed by atoms with Crippen molar-refractivity contribution >= 4 is 5.69 Å². The number of hydrogen-bond acceptors (Lipinski definition) is 2. The van der Waals surface area contributed by atoms with Crippen LogP contribution in [-0.2, 0) is 0 Å². The first kappa shape index (κ1) is 8.42. The highest BCUT2D eigenvalue weighted by Gasteiger charge is 2.15. The summed E-state index contributed by atoms with van der Waals surface area (Å²) in [6, 6.07) is 8.26. The van der Waals surface area contributed by atoms with E-state index in [9.17, 15) is 0 Å². The van der Waals surface area contributed by atoms with E-state index in [0.717, 1.165) is 25.4 Å². The predicted octanol–water partition coefficient (Wildman–Crippen LogP) is 2.30. The summed E-state index contributed by atoms with van der Waals surface area (Å²) in [7, 11) is 0. The minimum absolute atomic E-state index is 0.816. The van der Waals surface area contributed by atoms with Gasteiger partial charge in [-0.1, -0.05) is 19.1 Å². The number of para-hydroxylation sites is 2. The first-order valence-electron chi connectivity index (χ1n) is 4.88. The molecule has 0 spiro atoms. The van der Waals surface area contributed by atoms with E-state index in [1.165, 1.54) is 12.1 Å². The largest absolute Gasteiger partial charge is 0.490 e. The maximum absolute atomic E-state index is 5.56. The average Bonchev–Trinajstić information content (AvgIpc) is 2.19. The topological polar surface area (TPSA) is 12.5 Å². The van der Waals surface area contributed by atoms with Crippen molar-refractivity contribution in [3.05, 3.63) is 24.3 Å².